The number of hydrogen-bond donors (Lipinski definition) is 3. The van der Waals surface area contributed by atoms with Crippen molar-refractivity contribution in [2.75, 3.05) is 11.9 Å². The highest BCUT2D eigenvalue weighted by atomic mass is 19.1. The summed E-state index contributed by atoms with van der Waals surface area (Å²) >= 11 is 0. The summed E-state index contributed by atoms with van der Waals surface area (Å²) in [6.07, 6.45) is 1.38. The van der Waals surface area contributed by atoms with Crippen molar-refractivity contribution in [3.63, 3.8) is 0 Å². The summed E-state index contributed by atoms with van der Waals surface area (Å²) in [5, 5.41) is 5.64. The number of amides is 2. The Kier molecular flexibility index (Phi) is 7.07. The summed E-state index contributed by atoms with van der Waals surface area (Å²) in [6, 6.07) is 12.5. The third-order valence-corrected chi connectivity index (χ3v) is 5.00. The minimum atomic E-state index is -0.533. The summed E-state index contributed by atoms with van der Waals surface area (Å²) in [7, 11) is 0. The topological polar surface area (TPSA) is 84.2 Å². The van der Waals surface area contributed by atoms with Gasteiger partial charge in [0.15, 0.2) is 0 Å². The number of benzene rings is 2. The van der Waals surface area contributed by atoms with Gasteiger partial charge in [0.2, 0.25) is 5.91 Å². The Morgan fingerprint density at radius 3 is 2.11 bits per heavy atom. The molecule has 144 valence electrons. The van der Waals surface area contributed by atoms with Gasteiger partial charge in [0.1, 0.15) is 5.82 Å². The molecule has 0 saturated carbocycles. The summed E-state index contributed by atoms with van der Waals surface area (Å²) in [5.74, 6) is -0.686. The van der Waals surface area contributed by atoms with Crippen LogP contribution in [0.3, 0.4) is 0 Å². The molecule has 2 aromatic rings. The molecule has 2 aromatic carbocycles. The van der Waals surface area contributed by atoms with Gasteiger partial charge in [-0.1, -0.05) is 26.0 Å². The van der Waals surface area contributed by atoms with Crippen LogP contribution in [-0.4, -0.2) is 18.4 Å². The fraction of sp³-hybridized carbons (Fsp3) is 0.333. The van der Waals surface area contributed by atoms with Crippen LogP contribution in [0.1, 0.15) is 42.6 Å². The molecule has 0 saturated heterocycles. The lowest BCUT2D eigenvalue weighted by Gasteiger charge is -2.28. The number of nitrogens with two attached hydrogens (primary N) is 1. The van der Waals surface area contributed by atoms with Crippen molar-refractivity contribution in [1.82, 2.24) is 5.32 Å². The van der Waals surface area contributed by atoms with E-state index in [4.69, 9.17) is 5.73 Å². The summed E-state index contributed by atoms with van der Waals surface area (Å²) in [6.45, 7) is 4.61. The Bertz CT molecular complexity index is 761. The molecule has 4 N–H and O–H groups in total. The van der Waals surface area contributed by atoms with E-state index in [9.17, 15) is 14.0 Å². The van der Waals surface area contributed by atoms with Gasteiger partial charge >= 0.3 is 0 Å². The molecule has 0 spiro atoms. The molecular weight excluding hydrogens is 345 g/mol. The quantitative estimate of drug-likeness (QED) is 0.664. The lowest BCUT2D eigenvalue weighted by atomic mass is 9.81. The number of anilines is 1. The minimum absolute atomic E-state index is 0.0480. The van der Waals surface area contributed by atoms with Crippen molar-refractivity contribution in [3.8, 4) is 0 Å². The predicted molar refractivity (Wildman–Crippen MR) is 105 cm³/mol. The molecule has 5 nitrogen and oxygen atoms in total. The molecule has 2 amide bonds. The van der Waals surface area contributed by atoms with Crippen LogP contribution in [0.15, 0.2) is 48.5 Å². The monoisotopic (exact) mass is 371 g/mol. The van der Waals surface area contributed by atoms with Crippen LogP contribution >= 0.6 is 0 Å². The molecule has 0 unspecified atom stereocenters. The number of carbonyl (C=O) groups is 2. The van der Waals surface area contributed by atoms with E-state index in [2.05, 4.69) is 10.6 Å². The highest BCUT2D eigenvalue weighted by molar-refractivity contribution is 6.04. The maximum atomic E-state index is 12.9. The Hall–Kier alpha value is -2.73. The summed E-state index contributed by atoms with van der Waals surface area (Å²) in [4.78, 5) is 24.7. The first-order valence-electron chi connectivity index (χ1n) is 9.08. The Balaban J connectivity index is 1.95. The molecule has 0 bridgehead atoms. The first-order chi connectivity index (χ1) is 12.9. The van der Waals surface area contributed by atoms with Crippen LogP contribution in [0.5, 0.6) is 0 Å². The van der Waals surface area contributed by atoms with E-state index in [0.717, 1.165) is 5.56 Å². The third kappa shape index (κ3) is 5.14. The van der Waals surface area contributed by atoms with Gasteiger partial charge in [-0.15, -0.1) is 0 Å². The minimum Gasteiger partial charge on any atom is -0.352 e. The average Bonchev–Trinajstić information content (AvgIpc) is 2.70. The third-order valence-electron chi connectivity index (χ3n) is 5.00. The van der Waals surface area contributed by atoms with E-state index in [1.807, 2.05) is 13.8 Å². The maximum absolute atomic E-state index is 12.9. The van der Waals surface area contributed by atoms with E-state index < -0.39 is 5.41 Å². The van der Waals surface area contributed by atoms with Crippen molar-refractivity contribution >= 4 is 17.5 Å². The number of nitrogens with one attached hydrogen (secondary N) is 2. The predicted octanol–water partition coefficient (Wildman–Crippen LogP) is 3.46. The van der Waals surface area contributed by atoms with Crippen LogP contribution in [0, 0.1) is 11.2 Å². The second-order valence-electron chi connectivity index (χ2n) is 6.53. The van der Waals surface area contributed by atoms with Crippen molar-refractivity contribution in [1.29, 1.82) is 0 Å². The SMILES string of the molecule is CCC(CC)(CN)C(=O)NCc1ccc(C(=O)Nc2ccc(F)cc2)cc1. The zero-order valence-electron chi connectivity index (χ0n) is 15.7. The van der Waals surface area contributed by atoms with Gasteiger partial charge in [-0.2, -0.15) is 0 Å². The van der Waals surface area contributed by atoms with Crippen LogP contribution in [0.4, 0.5) is 10.1 Å². The largest absolute Gasteiger partial charge is 0.352 e. The highest BCUT2D eigenvalue weighted by Gasteiger charge is 2.32. The zero-order valence-corrected chi connectivity index (χ0v) is 15.7. The molecule has 0 radical (unpaired) electrons. The first-order valence-corrected chi connectivity index (χ1v) is 9.08. The van der Waals surface area contributed by atoms with Crippen molar-refractivity contribution < 1.29 is 14.0 Å². The molecule has 0 aromatic heterocycles. The Morgan fingerprint density at radius 1 is 1.00 bits per heavy atom. The van der Waals surface area contributed by atoms with Gasteiger partial charge in [0, 0.05) is 24.3 Å². The molecule has 6 heteroatoms. The number of hydrogen-bond acceptors (Lipinski definition) is 3. The Labute approximate surface area is 159 Å². The maximum Gasteiger partial charge on any atom is 0.255 e. The first kappa shape index (κ1) is 20.6. The van der Waals surface area contributed by atoms with Crippen molar-refractivity contribution in [3.05, 3.63) is 65.5 Å². The standard InChI is InChI=1S/C21H26FN3O2/c1-3-21(4-2,14-23)20(27)24-13-15-5-7-16(8-6-15)19(26)25-18-11-9-17(22)10-12-18/h5-12H,3-4,13-14,23H2,1-2H3,(H,24,27)(H,25,26). The van der Waals surface area contributed by atoms with Crippen molar-refractivity contribution in [2.45, 2.75) is 33.2 Å². The van der Waals surface area contributed by atoms with Gasteiger partial charge in [0.25, 0.3) is 5.91 Å². The zero-order chi connectivity index (χ0) is 19.9. The average molecular weight is 371 g/mol. The van der Waals surface area contributed by atoms with E-state index >= 15 is 0 Å². The van der Waals surface area contributed by atoms with Gasteiger partial charge in [-0.25, -0.2) is 4.39 Å². The summed E-state index contributed by atoms with van der Waals surface area (Å²) in [5.41, 5.74) is 7.16. The molecule has 0 fully saturated rings. The highest BCUT2D eigenvalue weighted by Crippen LogP contribution is 2.25. The Morgan fingerprint density at radius 2 is 1.59 bits per heavy atom. The van der Waals surface area contributed by atoms with E-state index in [1.165, 1.54) is 24.3 Å². The molecule has 2 rings (SSSR count). The fourth-order valence-corrected chi connectivity index (χ4v) is 2.83. The van der Waals surface area contributed by atoms with Gasteiger partial charge in [-0.3, -0.25) is 9.59 Å². The molecule has 0 aliphatic rings. The molecule has 0 atom stereocenters. The number of halogens is 1. The summed E-state index contributed by atoms with van der Waals surface area (Å²) < 4.78 is 12.9. The molecule has 0 aliphatic carbocycles. The second kappa shape index (κ2) is 9.28. The normalized spacial score (nSPS) is 11.1. The van der Waals surface area contributed by atoms with Crippen LogP contribution in [0.25, 0.3) is 0 Å². The van der Waals surface area contributed by atoms with Crippen LogP contribution in [0.2, 0.25) is 0 Å². The lowest BCUT2D eigenvalue weighted by Crippen LogP contribution is -2.45. The fourth-order valence-electron chi connectivity index (χ4n) is 2.83. The lowest BCUT2D eigenvalue weighted by molar-refractivity contribution is -0.131. The second-order valence-corrected chi connectivity index (χ2v) is 6.53. The molecule has 0 aliphatic heterocycles. The smallest absolute Gasteiger partial charge is 0.255 e. The van der Waals surface area contributed by atoms with Gasteiger partial charge < -0.3 is 16.4 Å². The van der Waals surface area contributed by atoms with E-state index in [0.29, 0.717) is 37.2 Å². The number of carbonyl (C=O) groups excluding carboxylic acids is 2. The van der Waals surface area contributed by atoms with Crippen LogP contribution in [-0.2, 0) is 11.3 Å². The van der Waals surface area contributed by atoms with Crippen LogP contribution < -0.4 is 16.4 Å². The molecule has 27 heavy (non-hydrogen) atoms. The number of rotatable bonds is 8. The van der Waals surface area contributed by atoms with Gasteiger partial charge in [-0.05, 0) is 54.8 Å². The van der Waals surface area contributed by atoms with Gasteiger partial charge in [0.05, 0.1) is 5.41 Å². The van der Waals surface area contributed by atoms with E-state index in [-0.39, 0.29) is 17.6 Å². The molecule has 0 heterocycles. The van der Waals surface area contributed by atoms with Crippen molar-refractivity contribution in [2.24, 2.45) is 11.1 Å². The molecular formula is C21H26FN3O2. The van der Waals surface area contributed by atoms with E-state index in [1.54, 1.807) is 24.3 Å².